The van der Waals surface area contributed by atoms with Crippen molar-refractivity contribution in [2.75, 3.05) is 13.2 Å². The number of esters is 3. The molecule has 416 valence electrons. The van der Waals surface area contributed by atoms with E-state index in [0.29, 0.717) is 19.3 Å². The second kappa shape index (κ2) is 60.6. The molecule has 1 unspecified atom stereocenters. The third-order valence-corrected chi connectivity index (χ3v) is 12.8. The van der Waals surface area contributed by atoms with Crippen molar-refractivity contribution < 1.29 is 28.6 Å². The molecule has 0 aliphatic heterocycles. The maximum absolute atomic E-state index is 12.9. The van der Waals surface area contributed by atoms with Crippen LogP contribution in [-0.2, 0) is 28.6 Å². The summed E-state index contributed by atoms with van der Waals surface area (Å²) in [6, 6.07) is 0. The number of rotatable bonds is 54. The highest BCUT2D eigenvalue weighted by Gasteiger charge is 2.19. The van der Waals surface area contributed by atoms with E-state index in [1.54, 1.807) is 0 Å². The maximum Gasteiger partial charge on any atom is 0.306 e. The molecule has 0 aliphatic rings. The molecule has 0 fully saturated rings. The van der Waals surface area contributed by atoms with Gasteiger partial charge in [-0.05, 0) is 103 Å². The van der Waals surface area contributed by atoms with Gasteiger partial charge in [-0.15, -0.1) is 0 Å². The molecule has 0 aliphatic carbocycles. The van der Waals surface area contributed by atoms with Crippen molar-refractivity contribution in [2.24, 2.45) is 0 Å². The third kappa shape index (κ3) is 58.8. The topological polar surface area (TPSA) is 78.9 Å². The molecular formula is C67H112O6. The molecule has 0 amide bonds. The average molecular weight is 1010 g/mol. The van der Waals surface area contributed by atoms with Gasteiger partial charge in [-0.3, -0.25) is 14.4 Å². The Bertz CT molecular complexity index is 1490. The highest BCUT2D eigenvalue weighted by molar-refractivity contribution is 5.71. The summed E-state index contributed by atoms with van der Waals surface area (Å²) in [7, 11) is 0. The Morgan fingerprint density at radius 1 is 0.288 bits per heavy atom. The van der Waals surface area contributed by atoms with Gasteiger partial charge in [0.1, 0.15) is 13.2 Å². The molecule has 0 spiro atoms. The van der Waals surface area contributed by atoms with E-state index in [1.807, 2.05) is 0 Å². The molecule has 0 N–H and O–H groups in total. The van der Waals surface area contributed by atoms with Crippen molar-refractivity contribution in [3.05, 3.63) is 109 Å². The summed E-state index contributed by atoms with van der Waals surface area (Å²) in [5.74, 6) is -0.909. The number of allylic oxidation sites excluding steroid dienone is 18. The summed E-state index contributed by atoms with van der Waals surface area (Å²) < 4.78 is 16.9. The molecule has 73 heavy (non-hydrogen) atoms. The lowest BCUT2D eigenvalue weighted by molar-refractivity contribution is -0.167. The monoisotopic (exact) mass is 1010 g/mol. The second-order valence-corrected chi connectivity index (χ2v) is 19.9. The number of carbonyl (C=O) groups excluding carboxylic acids is 3. The van der Waals surface area contributed by atoms with E-state index < -0.39 is 6.10 Å². The molecule has 0 radical (unpaired) electrons. The molecule has 0 saturated heterocycles. The van der Waals surface area contributed by atoms with Gasteiger partial charge >= 0.3 is 17.9 Å². The Hall–Kier alpha value is -3.93. The minimum absolute atomic E-state index is 0.0868. The standard InChI is InChI=1S/C67H112O6/c1-4-7-10-13-16-19-22-25-27-29-31-33-35-37-39-42-45-48-51-54-57-60-66(69)72-63-64(62-71-65(68)59-56-53-50-47-44-41-24-21-18-15-12-9-6-3)73-67(70)61-58-55-52-49-46-43-40-38-36-34-32-30-28-26-23-20-17-14-11-8-5-2/h7-8,10-11,16-17,19-20,25-28,31-34,37,39,64H,4-6,9,12-15,18,21-24,29-30,35-36,38,40-63H2,1-3H3/b10-7-,11-8-,19-16-,20-17-,27-25-,28-26-,33-31-,34-32-,39-37-. The first kappa shape index (κ1) is 69.1. The first-order valence-corrected chi connectivity index (χ1v) is 30.4. The largest absolute Gasteiger partial charge is 0.462 e. The van der Waals surface area contributed by atoms with Crippen molar-refractivity contribution in [1.29, 1.82) is 0 Å². The normalized spacial score (nSPS) is 12.9. The quantitative estimate of drug-likeness (QED) is 0.0261. The van der Waals surface area contributed by atoms with Gasteiger partial charge in [0.05, 0.1) is 0 Å². The van der Waals surface area contributed by atoms with Crippen LogP contribution in [0.15, 0.2) is 109 Å². The Balaban J connectivity index is 4.42. The molecule has 0 bridgehead atoms. The molecule has 1 atom stereocenters. The van der Waals surface area contributed by atoms with Gasteiger partial charge < -0.3 is 14.2 Å². The van der Waals surface area contributed by atoms with Gasteiger partial charge in [-0.25, -0.2) is 0 Å². The molecule has 0 aromatic heterocycles. The minimum atomic E-state index is -0.792. The van der Waals surface area contributed by atoms with Crippen LogP contribution in [0.2, 0.25) is 0 Å². The second-order valence-electron chi connectivity index (χ2n) is 19.9. The molecule has 0 saturated carbocycles. The van der Waals surface area contributed by atoms with Gasteiger partial charge in [0.15, 0.2) is 6.10 Å². The van der Waals surface area contributed by atoms with Crippen LogP contribution in [-0.4, -0.2) is 37.2 Å². The number of carbonyl (C=O) groups is 3. The van der Waals surface area contributed by atoms with Gasteiger partial charge in [0.25, 0.3) is 0 Å². The lowest BCUT2D eigenvalue weighted by Gasteiger charge is -2.18. The highest BCUT2D eigenvalue weighted by atomic mass is 16.6. The Morgan fingerprint density at radius 2 is 0.534 bits per heavy atom. The summed E-state index contributed by atoms with van der Waals surface area (Å²) in [5, 5.41) is 0. The molecule has 0 aromatic rings. The van der Waals surface area contributed by atoms with Gasteiger partial charge in [-0.2, -0.15) is 0 Å². The summed E-state index contributed by atoms with van der Waals surface area (Å²) in [6.45, 7) is 6.40. The van der Waals surface area contributed by atoms with Crippen LogP contribution in [0.25, 0.3) is 0 Å². The summed E-state index contributed by atoms with van der Waals surface area (Å²) in [6.07, 6.45) is 82.2. The molecule has 6 heteroatoms. The smallest absolute Gasteiger partial charge is 0.306 e. The van der Waals surface area contributed by atoms with Crippen LogP contribution in [0.5, 0.6) is 0 Å². The fourth-order valence-corrected chi connectivity index (χ4v) is 8.28. The lowest BCUT2D eigenvalue weighted by atomic mass is 10.0. The molecular weight excluding hydrogens is 901 g/mol. The predicted molar refractivity (Wildman–Crippen MR) is 316 cm³/mol. The molecule has 6 nitrogen and oxygen atoms in total. The highest BCUT2D eigenvalue weighted by Crippen LogP contribution is 2.15. The Kier molecular flexibility index (Phi) is 57.4. The van der Waals surface area contributed by atoms with E-state index >= 15 is 0 Å². The average Bonchev–Trinajstić information content (AvgIpc) is 3.39. The first-order valence-electron chi connectivity index (χ1n) is 30.4. The number of unbranched alkanes of at least 4 members (excludes halogenated alkanes) is 25. The van der Waals surface area contributed by atoms with E-state index in [4.69, 9.17) is 14.2 Å². The van der Waals surface area contributed by atoms with Crippen molar-refractivity contribution in [1.82, 2.24) is 0 Å². The Morgan fingerprint density at radius 3 is 0.836 bits per heavy atom. The minimum Gasteiger partial charge on any atom is -0.462 e. The van der Waals surface area contributed by atoms with Crippen LogP contribution in [0.1, 0.15) is 278 Å². The Labute approximate surface area is 450 Å². The van der Waals surface area contributed by atoms with Gasteiger partial charge in [-0.1, -0.05) is 265 Å². The predicted octanol–water partition coefficient (Wildman–Crippen LogP) is 20.7. The first-order chi connectivity index (χ1) is 36.0. The fraction of sp³-hybridized carbons (Fsp3) is 0.687. The zero-order valence-corrected chi connectivity index (χ0v) is 47.6. The number of ether oxygens (including phenoxy) is 3. The summed E-state index contributed by atoms with van der Waals surface area (Å²) in [5.41, 5.74) is 0. The number of hydrogen-bond donors (Lipinski definition) is 0. The summed E-state index contributed by atoms with van der Waals surface area (Å²) in [4.78, 5) is 38.3. The molecule has 0 rings (SSSR count). The van der Waals surface area contributed by atoms with E-state index in [1.165, 1.54) is 96.3 Å². The van der Waals surface area contributed by atoms with Crippen molar-refractivity contribution >= 4 is 17.9 Å². The van der Waals surface area contributed by atoms with Gasteiger partial charge in [0.2, 0.25) is 0 Å². The lowest BCUT2D eigenvalue weighted by Crippen LogP contribution is -2.30. The van der Waals surface area contributed by atoms with Crippen molar-refractivity contribution in [2.45, 2.75) is 284 Å². The maximum atomic E-state index is 12.9. The van der Waals surface area contributed by atoms with Crippen LogP contribution in [0.4, 0.5) is 0 Å². The van der Waals surface area contributed by atoms with E-state index in [0.717, 1.165) is 141 Å². The third-order valence-electron chi connectivity index (χ3n) is 12.8. The molecule has 0 aromatic carbocycles. The zero-order chi connectivity index (χ0) is 52.9. The SMILES string of the molecule is CC/C=C\C/C=C\C/C=C\C/C=C\C/C=C\CCCCCCCC(=O)OCC(COC(=O)CCCCCCCCCCCCCCC)OC(=O)CCCCCCCCCC/C=C\C/C=C\C/C=C\C/C=C\CC. The van der Waals surface area contributed by atoms with E-state index in [9.17, 15) is 14.4 Å². The molecule has 0 heterocycles. The van der Waals surface area contributed by atoms with E-state index in [2.05, 4.69) is 130 Å². The van der Waals surface area contributed by atoms with Gasteiger partial charge in [0, 0.05) is 19.3 Å². The van der Waals surface area contributed by atoms with Crippen molar-refractivity contribution in [3.8, 4) is 0 Å². The van der Waals surface area contributed by atoms with Crippen LogP contribution < -0.4 is 0 Å². The summed E-state index contributed by atoms with van der Waals surface area (Å²) >= 11 is 0. The van der Waals surface area contributed by atoms with Crippen LogP contribution in [0.3, 0.4) is 0 Å². The van der Waals surface area contributed by atoms with Crippen LogP contribution >= 0.6 is 0 Å². The van der Waals surface area contributed by atoms with Crippen molar-refractivity contribution in [3.63, 3.8) is 0 Å². The fourth-order valence-electron chi connectivity index (χ4n) is 8.28. The van der Waals surface area contributed by atoms with Crippen LogP contribution in [0, 0.1) is 0 Å². The number of hydrogen-bond acceptors (Lipinski definition) is 6. The van der Waals surface area contributed by atoms with E-state index in [-0.39, 0.29) is 31.1 Å². The zero-order valence-electron chi connectivity index (χ0n) is 47.6.